The summed E-state index contributed by atoms with van der Waals surface area (Å²) in [6.07, 6.45) is 1.96. The van der Waals surface area contributed by atoms with Gasteiger partial charge in [-0.1, -0.05) is 12.1 Å². The second-order valence-electron chi connectivity index (χ2n) is 4.21. The number of methoxy groups -OCH3 is 1. The summed E-state index contributed by atoms with van der Waals surface area (Å²) in [4.78, 5) is 0. The molecular formula is C14H16FNO2. The molecule has 0 fully saturated rings. The van der Waals surface area contributed by atoms with Gasteiger partial charge in [0.15, 0.2) is 11.6 Å². The molecule has 1 heterocycles. The SMILES string of the molecule is COc1cccc(CC(N)c2occc2C)c1F. The quantitative estimate of drug-likeness (QED) is 0.906. The normalized spacial score (nSPS) is 12.4. The third-order valence-corrected chi connectivity index (χ3v) is 2.94. The molecule has 1 unspecified atom stereocenters. The van der Waals surface area contributed by atoms with E-state index < -0.39 is 0 Å². The smallest absolute Gasteiger partial charge is 0.168 e. The third-order valence-electron chi connectivity index (χ3n) is 2.94. The Balaban J connectivity index is 2.22. The van der Waals surface area contributed by atoms with E-state index in [1.165, 1.54) is 7.11 Å². The lowest BCUT2D eigenvalue weighted by molar-refractivity contribution is 0.382. The minimum Gasteiger partial charge on any atom is -0.494 e. The Morgan fingerprint density at radius 1 is 1.39 bits per heavy atom. The van der Waals surface area contributed by atoms with E-state index in [4.69, 9.17) is 14.9 Å². The molecule has 0 saturated carbocycles. The fourth-order valence-electron chi connectivity index (χ4n) is 1.97. The van der Waals surface area contributed by atoms with Crippen molar-refractivity contribution in [2.75, 3.05) is 7.11 Å². The lowest BCUT2D eigenvalue weighted by atomic mass is 10.0. The summed E-state index contributed by atoms with van der Waals surface area (Å²) in [5.41, 5.74) is 7.53. The first-order chi connectivity index (χ1) is 8.63. The average molecular weight is 249 g/mol. The van der Waals surface area contributed by atoms with Gasteiger partial charge in [-0.3, -0.25) is 0 Å². The molecule has 0 radical (unpaired) electrons. The second kappa shape index (κ2) is 5.23. The predicted octanol–water partition coefficient (Wildman–Crippen LogP) is 2.98. The van der Waals surface area contributed by atoms with Gasteiger partial charge in [0.05, 0.1) is 19.4 Å². The summed E-state index contributed by atoms with van der Waals surface area (Å²) < 4.78 is 24.2. The highest BCUT2D eigenvalue weighted by atomic mass is 19.1. The summed E-state index contributed by atoms with van der Waals surface area (Å²) >= 11 is 0. The van der Waals surface area contributed by atoms with Crippen LogP contribution in [0.1, 0.15) is 22.9 Å². The number of furan rings is 1. The summed E-state index contributed by atoms with van der Waals surface area (Å²) in [6.45, 7) is 1.92. The van der Waals surface area contributed by atoms with Crippen molar-refractivity contribution in [3.05, 3.63) is 53.2 Å². The van der Waals surface area contributed by atoms with Crippen LogP contribution in [0.5, 0.6) is 5.75 Å². The van der Waals surface area contributed by atoms with Crippen LogP contribution >= 0.6 is 0 Å². The highest BCUT2D eigenvalue weighted by Crippen LogP contribution is 2.25. The van der Waals surface area contributed by atoms with Crippen LogP contribution in [0.3, 0.4) is 0 Å². The summed E-state index contributed by atoms with van der Waals surface area (Å²) in [5.74, 6) is 0.563. The minimum absolute atomic E-state index is 0.232. The van der Waals surface area contributed by atoms with E-state index in [2.05, 4.69) is 0 Å². The maximum Gasteiger partial charge on any atom is 0.168 e. The van der Waals surface area contributed by atoms with Gasteiger partial charge in [0, 0.05) is 0 Å². The number of hydrogen-bond acceptors (Lipinski definition) is 3. The van der Waals surface area contributed by atoms with Crippen LogP contribution < -0.4 is 10.5 Å². The van der Waals surface area contributed by atoms with Crippen LogP contribution in [0.15, 0.2) is 34.9 Å². The van der Waals surface area contributed by atoms with E-state index in [1.54, 1.807) is 24.5 Å². The largest absolute Gasteiger partial charge is 0.494 e. The number of rotatable bonds is 4. The number of benzene rings is 1. The molecule has 1 aromatic carbocycles. The number of ether oxygens (including phenoxy) is 1. The third kappa shape index (κ3) is 2.38. The number of hydrogen-bond donors (Lipinski definition) is 1. The Labute approximate surface area is 105 Å². The lowest BCUT2D eigenvalue weighted by Gasteiger charge is -2.12. The Hall–Kier alpha value is -1.81. The standard InChI is InChI=1S/C14H16FNO2/c1-9-6-7-18-14(9)11(16)8-10-4-3-5-12(17-2)13(10)15/h3-7,11H,8,16H2,1-2H3. The molecule has 0 spiro atoms. The molecule has 1 aromatic heterocycles. The molecule has 4 heteroatoms. The van der Waals surface area contributed by atoms with Gasteiger partial charge in [-0.25, -0.2) is 4.39 Å². The van der Waals surface area contributed by atoms with E-state index in [0.717, 1.165) is 5.56 Å². The van der Waals surface area contributed by atoms with Gasteiger partial charge >= 0.3 is 0 Å². The van der Waals surface area contributed by atoms with Crippen LogP contribution in [0.2, 0.25) is 0 Å². The monoisotopic (exact) mass is 249 g/mol. The molecule has 2 N–H and O–H groups in total. The molecule has 0 aliphatic carbocycles. The van der Waals surface area contributed by atoms with Crippen molar-refractivity contribution in [3.8, 4) is 5.75 Å². The molecule has 3 nitrogen and oxygen atoms in total. The maximum absolute atomic E-state index is 14.0. The summed E-state index contributed by atoms with van der Waals surface area (Å²) in [7, 11) is 1.44. The molecule has 0 bridgehead atoms. The van der Waals surface area contributed by atoms with Crippen molar-refractivity contribution >= 4 is 0 Å². The van der Waals surface area contributed by atoms with Gasteiger partial charge in [0.25, 0.3) is 0 Å². The summed E-state index contributed by atoms with van der Waals surface area (Å²) in [6, 6.07) is 6.52. The number of aryl methyl sites for hydroxylation is 1. The molecule has 1 atom stereocenters. The fraction of sp³-hybridized carbons (Fsp3) is 0.286. The zero-order valence-electron chi connectivity index (χ0n) is 10.4. The van der Waals surface area contributed by atoms with Gasteiger partial charge in [0.1, 0.15) is 5.76 Å². The van der Waals surface area contributed by atoms with Crippen molar-refractivity contribution in [3.63, 3.8) is 0 Å². The van der Waals surface area contributed by atoms with Gasteiger partial charge in [-0.05, 0) is 36.6 Å². The predicted molar refractivity (Wildman–Crippen MR) is 67.0 cm³/mol. The zero-order valence-corrected chi connectivity index (χ0v) is 10.4. The van der Waals surface area contributed by atoms with Crippen LogP contribution in [-0.4, -0.2) is 7.11 Å². The Morgan fingerprint density at radius 3 is 2.78 bits per heavy atom. The molecule has 2 aromatic rings. The molecule has 0 amide bonds. The van der Waals surface area contributed by atoms with Crippen molar-refractivity contribution in [2.45, 2.75) is 19.4 Å². The average Bonchev–Trinajstić information content (AvgIpc) is 2.78. The van der Waals surface area contributed by atoms with Crippen LogP contribution in [0.25, 0.3) is 0 Å². The minimum atomic E-state index is -0.361. The number of halogens is 1. The molecular weight excluding hydrogens is 233 g/mol. The maximum atomic E-state index is 14.0. The second-order valence-corrected chi connectivity index (χ2v) is 4.21. The van der Waals surface area contributed by atoms with E-state index in [0.29, 0.717) is 17.7 Å². The van der Waals surface area contributed by atoms with Crippen LogP contribution in [-0.2, 0) is 6.42 Å². The van der Waals surface area contributed by atoms with Crippen molar-refractivity contribution in [1.82, 2.24) is 0 Å². The van der Waals surface area contributed by atoms with Crippen molar-refractivity contribution < 1.29 is 13.5 Å². The number of nitrogens with two attached hydrogens (primary N) is 1. The Kier molecular flexibility index (Phi) is 3.67. The van der Waals surface area contributed by atoms with E-state index in [9.17, 15) is 4.39 Å². The first kappa shape index (κ1) is 12.6. The first-order valence-electron chi connectivity index (χ1n) is 5.74. The van der Waals surface area contributed by atoms with E-state index in [1.807, 2.05) is 13.0 Å². The topological polar surface area (TPSA) is 48.4 Å². The fourth-order valence-corrected chi connectivity index (χ4v) is 1.97. The highest BCUT2D eigenvalue weighted by Gasteiger charge is 2.16. The molecule has 2 rings (SSSR count). The lowest BCUT2D eigenvalue weighted by Crippen LogP contribution is -2.14. The highest BCUT2D eigenvalue weighted by molar-refractivity contribution is 5.32. The van der Waals surface area contributed by atoms with E-state index >= 15 is 0 Å². The molecule has 18 heavy (non-hydrogen) atoms. The van der Waals surface area contributed by atoms with Gasteiger partial charge < -0.3 is 14.9 Å². The molecule has 96 valence electrons. The Morgan fingerprint density at radius 2 is 2.17 bits per heavy atom. The zero-order chi connectivity index (χ0) is 13.1. The van der Waals surface area contributed by atoms with Crippen molar-refractivity contribution in [1.29, 1.82) is 0 Å². The van der Waals surface area contributed by atoms with Gasteiger partial charge in [-0.2, -0.15) is 0 Å². The van der Waals surface area contributed by atoms with Crippen molar-refractivity contribution in [2.24, 2.45) is 5.73 Å². The van der Waals surface area contributed by atoms with Gasteiger partial charge in [0.2, 0.25) is 0 Å². The Bertz CT molecular complexity index is 536. The van der Waals surface area contributed by atoms with Crippen LogP contribution in [0, 0.1) is 12.7 Å². The van der Waals surface area contributed by atoms with Crippen LogP contribution in [0.4, 0.5) is 4.39 Å². The van der Waals surface area contributed by atoms with Gasteiger partial charge in [-0.15, -0.1) is 0 Å². The molecule has 0 aliphatic rings. The first-order valence-corrected chi connectivity index (χ1v) is 5.74. The van der Waals surface area contributed by atoms with E-state index in [-0.39, 0.29) is 17.6 Å². The molecule has 0 saturated heterocycles. The molecule has 0 aliphatic heterocycles. The summed E-state index contributed by atoms with van der Waals surface area (Å²) in [5, 5.41) is 0.